The summed E-state index contributed by atoms with van der Waals surface area (Å²) in [7, 11) is 0. The van der Waals surface area contributed by atoms with Gasteiger partial charge in [0.25, 0.3) is 0 Å². The highest BCUT2D eigenvalue weighted by Gasteiger charge is 2.26. The molecule has 0 radical (unpaired) electrons. The van der Waals surface area contributed by atoms with Crippen LogP contribution >= 0.6 is 11.6 Å². The lowest BCUT2D eigenvalue weighted by Gasteiger charge is -2.26. The molecular weight excluding hydrogens is 332 g/mol. The van der Waals surface area contributed by atoms with E-state index in [1.165, 1.54) is 0 Å². The fraction of sp³-hybridized carbons (Fsp3) is 0.529. The molecule has 0 heterocycles. The average molecular weight is 355 g/mol. The third-order valence-electron chi connectivity index (χ3n) is 3.97. The predicted molar refractivity (Wildman–Crippen MR) is 92.8 cm³/mol. The molecule has 2 amide bonds. The number of urea groups is 1. The van der Waals surface area contributed by atoms with Crippen LogP contribution in [0.2, 0.25) is 5.02 Å². The molecule has 3 N–H and O–H groups in total. The van der Waals surface area contributed by atoms with Gasteiger partial charge in [-0.2, -0.15) is 0 Å². The Labute approximate surface area is 146 Å². The van der Waals surface area contributed by atoms with Crippen molar-refractivity contribution in [3.8, 4) is 5.75 Å². The Balaban J connectivity index is 1.85. The Bertz CT molecular complexity index is 598. The Morgan fingerprint density at radius 2 is 1.92 bits per heavy atom. The molecule has 0 unspecified atom stereocenters. The second-order valence-corrected chi connectivity index (χ2v) is 6.70. The number of carboxylic acid groups (broad SMARTS) is 1. The molecule has 1 aromatic carbocycles. The quantitative estimate of drug-likeness (QED) is 0.748. The van der Waals surface area contributed by atoms with Crippen LogP contribution in [0.3, 0.4) is 0 Å². The zero-order chi connectivity index (χ0) is 17.7. The van der Waals surface area contributed by atoms with Gasteiger partial charge in [-0.05, 0) is 51.7 Å². The molecule has 0 saturated heterocycles. The monoisotopic (exact) mass is 354 g/mol. The number of carbonyl (C=O) groups excluding carboxylic acids is 1. The summed E-state index contributed by atoms with van der Waals surface area (Å²) in [5.74, 6) is -0.407. The Morgan fingerprint density at radius 3 is 2.46 bits per heavy atom. The van der Waals surface area contributed by atoms with Crippen LogP contribution in [0.25, 0.3) is 0 Å². The molecule has 1 saturated carbocycles. The highest BCUT2D eigenvalue weighted by Crippen LogP contribution is 2.28. The van der Waals surface area contributed by atoms with E-state index in [-0.39, 0.29) is 24.1 Å². The van der Waals surface area contributed by atoms with Crippen molar-refractivity contribution in [2.24, 2.45) is 5.92 Å². The van der Waals surface area contributed by atoms with Gasteiger partial charge in [0.1, 0.15) is 5.75 Å². The van der Waals surface area contributed by atoms with Crippen LogP contribution in [0.4, 0.5) is 10.5 Å². The lowest BCUT2D eigenvalue weighted by Crippen LogP contribution is -2.41. The standard InChI is InChI=1S/C17H23ClN2O4/c1-10(2)24-13-7-8-15(14(18)9-13)20-17(23)19-12-5-3-11(4-6-12)16(21)22/h7-12H,3-6H2,1-2H3,(H,21,22)(H2,19,20,23). The van der Waals surface area contributed by atoms with E-state index in [0.717, 1.165) is 0 Å². The van der Waals surface area contributed by atoms with Gasteiger partial charge in [0, 0.05) is 12.1 Å². The van der Waals surface area contributed by atoms with Gasteiger partial charge in [0.15, 0.2) is 0 Å². The van der Waals surface area contributed by atoms with Crippen LogP contribution in [-0.2, 0) is 4.79 Å². The summed E-state index contributed by atoms with van der Waals surface area (Å²) in [5.41, 5.74) is 0.504. The second-order valence-electron chi connectivity index (χ2n) is 6.29. The summed E-state index contributed by atoms with van der Waals surface area (Å²) in [6.45, 7) is 3.85. The summed E-state index contributed by atoms with van der Waals surface area (Å²) in [6.07, 6.45) is 2.55. The number of hydrogen-bond donors (Lipinski definition) is 3. The Kier molecular flexibility index (Phi) is 6.31. The number of amides is 2. The van der Waals surface area contributed by atoms with Crippen molar-refractivity contribution in [2.45, 2.75) is 51.7 Å². The molecule has 0 spiro atoms. The maximum Gasteiger partial charge on any atom is 0.319 e. The van der Waals surface area contributed by atoms with E-state index < -0.39 is 5.97 Å². The van der Waals surface area contributed by atoms with Crippen molar-refractivity contribution >= 4 is 29.3 Å². The minimum absolute atomic E-state index is 0.0112. The van der Waals surface area contributed by atoms with E-state index in [1.54, 1.807) is 18.2 Å². The van der Waals surface area contributed by atoms with E-state index in [0.29, 0.717) is 42.1 Å². The lowest BCUT2D eigenvalue weighted by atomic mass is 9.86. The second kappa shape index (κ2) is 8.24. The summed E-state index contributed by atoms with van der Waals surface area (Å²) < 4.78 is 5.55. The number of carbonyl (C=O) groups is 2. The highest BCUT2D eigenvalue weighted by atomic mass is 35.5. The molecule has 6 nitrogen and oxygen atoms in total. The number of anilines is 1. The van der Waals surface area contributed by atoms with E-state index in [4.69, 9.17) is 21.4 Å². The third kappa shape index (κ3) is 5.30. The van der Waals surface area contributed by atoms with E-state index in [1.807, 2.05) is 13.8 Å². The summed E-state index contributed by atoms with van der Waals surface area (Å²) in [4.78, 5) is 23.0. The van der Waals surface area contributed by atoms with Gasteiger partial charge in [-0.25, -0.2) is 4.79 Å². The van der Waals surface area contributed by atoms with E-state index in [9.17, 15) is 9.59 Å². The first-order chi connectivity index (χ1) is 11.3. The zero-order valence-electron chi connectivity index (χ0n) is 13.8. The van der Waals surface area contributed by atoms with Crippen LogP contribution in [0.5, 0.6) is 5.75 Å². The number of halogens is 1. The van der Waals surface area contributed by atoms with Crippen molar-refractivity contribution in [1.29, 1.82) is 0 Å². The molecule has 0 bridgehead atoms. The van der Waals surface area contributed by atoms with Gasteiger partial charge in [0.05, 0.1) is 22.7 Å². The molecule has 1 aliphatic rings. The van der Waals surface area contributed by atoms with E-state index in [2.05, 4.69) is 10.6 Å². The predicted octanol–water partition coefficient (Wildman–Crippen LogP) is 3.89. The molecule has 0 atom stereocenters. The molecule has 132 valence electrons. The van der Waals surface area contributed by atoms with Gasteiger partial charge in [-0.3, -0.25) is 4.79 Å². The number of aliphatic carboxylic acids is 1. The number of ether oxygens (including phenoxy) is 1. The van der Waals surface area contributed by atoms with Crippen molar-refractivity contribution in [3.63, 3.8) is 0 Å². The van der Waals surface area contributed by atoms with Crippen molar-refractivity contribution in [1.82, 2.24) is 5.32 Å². The van der Waals surface area contributed by atoms with Gasteiger partial charge < -0.3 is 20.5 Å². The molecule has 24 heavy (non-hydrogen) atoms. The molecule has 1 aliphatic carbocycles. The first-order valence-corrected chi connectivity index (χ1v) is 8.49. The normalized spacial score (nSPS) is 20.5. The maximum absolute atomic E-state index is 12.1. The van der Waals surface area contributed by atoms with Crippen molar-refractivity contribution in [3.05, 3.63) is 23.2 Å². The smallest absolute Gasteiger partial charge is 0.319 e. The SMILES string of the molecule is CC(C)Oc1ccc(NC(=O)NC2CCC(C(=O)O)CC2)c(Cl)c1. The molecule has 0 aromatic heterocycles. The molecular formula is C17H23ClN2O4. The van der Waals surface area contributed by atoms with Crippen LogP contribution in [0.1, 0.15) is 39.5 Å². The third-order valence-corrected chi connectivity index (χ3v) is 4.28. The topological polar surface area (TPSA) is 87.7 Å². The largest absolute Gasteiger partial charge is 0.491 e. The molecule has 0 aliphatic heterocycles. The highest BCUT2D eigenvalue weighted by molar-refractivity contribution is 6.33. The summed E-state index contributed by atoms with van der Waals surface area (Å²) in [5, 5.41) is 15.0. The van der Waals surface area contributed by atoms with Crippen molar-refractivity contribution < 1.29 is 19.4 Å². The number of carboxylic acids is 1. The van der Waals surface area contributed by atoms with Gasteiger partial charge in [-0.1, -0.05) is 11.6 Å². The zero-order valence-corrected chi connectivity index (χ0v) is 14.6. The minimum Gasteiger partial charge on any atom is -0.491 e. The maximum atomic E-state index is 12.1. The first kappa shape index (κ1) is 18.4. The average Bonchev–Trinajstić information content (AvgIpc) is 2.50. The lowest BCUT2D eigenvalue weighted by molar-refractivity contribution is -0.142. The van der Waals surface area contributed by atoms with Crippen molar-refractivity contribution in [2.75, 3.05) is 5.32 Å². The van der Waals surface area contributed by atoms with E-state index >= 15 is 0 Å². The molecule has 1 aromatic rings. The number of nitrogens with one attached hydrogen (secondary N) is 2. The summed E-state index contributed by atoms with van der Waals surface area (Å²) in [6, 6.07) is 4.76. The molecule has 7 heteroatoms. The number of benzene rings is 1. The molecule has 1 fully saturated rings. The fourth-order valence-corrected chi connectivity index (χ4v) is 2.99. The number of rotatable bonds is 5. The Hall–Kier alpha value is -1.95. The van der Waals surface area contributed by atoms with Crippen LogP contribution < -0.4 is 15.4 Å². The number of hydrogen-bond acceptors (Lipinski definition) is 3. The Morgan fingerprint density at radius 1 is 1.25 bits per heavy atom. The van der Waals surface area contributed by atoms with Crippen LogP contribution in [0, 0.1) is 5.92 Å². The van der Waals surface area contributed by atoms with Gasteiger partial charge in [0.2, 0.25) is 0 Å². The molecule has 2 rings (SSSR count). The first-order valence-electron chi connectivity index (χ1n) is 8.11. The fourth-order valence-electron chi connectivity index (χ4n) is 2.77. The van der Waals surface area contributed by atoms with Crippen LogP contribution in [0.15, 0.2) is 18.2 Å². The van der Waals surface area contributed by atoms with Gasteiger partial charge in [-0.15, -0.1) is 0 Å². The van der Waals surface area contributed by atoms with Gasteiger partial charge >= 0.3 is 12.0 Å². The van der Waals surface area contributed by atoms with Crippen LogP contribution in [-0.4, -0.2) is 29.3 Å². The summed E-state index contributed by atoms with van der Waals surface area (Å²) >= 11 is 6.17. The minimum atomic E-state index is -0.756.